The standard InChI is InChI=1S/C31H32F2/c1-2-3-4-5-23-6-8-24(9-7-23)10-11-25-12-14-26(15-13-25)16-17-27-18-20-29-28(22-27)19-21-30(32)31(29)33/h2-3,12-15,18-24H,4-11H2,1H3/b3-2+. The quantitative estimate of drug-likeness (QED) is 0.265. The molecule has 2 heteroatoms. The molecule has 0 bridgehead atoms. The minimum atomic E-state index is -0.825. The summed E-state index contributed by atoms with van der Waals surface area (Å²) in [6, 6.07) is 16.4. The number of halogens is 2. The molecular formula is C31H32F2. The maximum atomic E-state index is 13.9. The Labute approximate surface area is 196 Å². The van der Waals surface area contributed by atoms with E-state index in [2.05, 4.69) is 55.2 Å². The lowest BCUT2D eigenvalue weighted by molar-refractivity contribution is 0.254. The first-order valence-corrected chi connectivity index (χ1v) is 12.2. The van der Waals surface area contributed by atoms with Crippen molar-refractivity contribution in [3.63, 3.8) is 0 Å². The molecule has 0 heterocycles. The molecule has 1 saturated carbocycles. The van der Waals surface area contributed by atoms with Crippen molar-refractivity contribution in [1.29, 1.82) is 0 Å². The molecule has 0 saturated heterocycles. The van der Waals surface area contributed by atoms with Gasteiger partial charge in [0, 0.05) is 16.5 Å². The van der Waals surface area contributed by atoms with Crippen molar-refractivity contribution in [2.24, 2.45) is 11.8 Å². The van der Waals surface area contributed by atoms with Gasteiger partial charge < -0.3 is 0 Å². The van der Waals surface area contributed by atoms with E-state index in [0.29, 0.717) is 5.39 Å². The molecular weight excluding hydrogens is 410 g/mol. The summed E-state index contributed by atoms with van der Waals surface area (Å²) in [5, 5.41) is 0.940. The molecule has 0 spiro atoms. The van der Waals surface area contributed by atoms with Crippen molar-refractivity contribution in [1.82, 2.24) is 0 Å². The van der Waals surface area contributed by atoms with Crippen LogP contribution in [0.25, 0.3) is 10.8 Å². The molecule has 4 rings (SSSR count). The SMILES string of the molecule is C/C=C/CCC1CCC(CCc2ccc(C#Cc3ccc4c(F)c(F)ccc4c3)cc2)CC1. The Morgan fingerprint density at radius 3 is 2.21 bits per heavy atom. The maximum absolute atomic E-state index is 13.9. The fourth-order valence-corrected chi connectivity index (χ4v) is 4.92. The summed E-state index contributed by atoms with van der Waals surface area (Å²) in [7, 11) is 0. The second-order valence-corrected chi connectivity index (χ2v) is 9.32. The monoisotopic (exact) mass is 442 g/mol. The first-order valence-electron chi connectivity index (χ1n) is 12.2. The van der Waals surface area contributed by atoms with Crippen molar-refractivity contribution in [2.45, 2.75) is 58.3 Å². The van der Waals surface area contributed by atoms with Crippen molar-refractivity contribution < 1.29 is 8.78 Å². The molecule has 0 aromatic heterocycles. The second kappa shape index (κ2) is 11.3. The van der Waals surface area contributed by atoms with Crippen molar-refractivity contribution in [3.05, 3.63) is 95.1 Å². The predicted octanol–water partition coefficient (Wildman–Crippen LogP) is 8.61. The van der Waals surface area contributed by atoms with Crippen LogP contribution in [0.15, 0.2) is 66.7 Å². The zero-order chi connectivity index (χ0) is 23.0. The van der Waals surface area contributed by atoms with Crippen LogP contribution in [0.2, 0.25) is 0 Å². The van der Waals surface area contributed by atoms with Crippen molar-refractivity contribution >= 4 is 10.8 Å². The number of benzene rings is 3. The van der Waals surface area contributed by atoms with Gasteiger partial charge in [0.2, 0.25) is 0 Å². The third-order valence-corrected chi connectivity index (χ3v) is 7.00. The van der Waals surface area contributed by atoms with Crippen molar-refractivity contribution in [2.75, 3.05) is 0 Å². The van der Waals surface area contributed by atoms with Gasteiger partial charge in [0.05, 0.1) is 0 Å². The van der Waals surface area contributed by atoms with E-state index in [9.17, 15) is 8.78 Å². The molecule has 1 aliphatic carbocycles. The van der Waals surface area contributed by atoms with Crippen LogP contribution in [-0.4, -0.2) is 0 Å². The van der Waals surface area contributed by atoms with Gasteiger partial charge in [-0.15, -0.1) is 0 Å². The highest BCUT2D eigenvalue weighted by molar-refractivity contribution is 5.84. The number of aryl methyl sites for hydroxylation is 1. The second-order valence-electron chi connectivity index (χ2n) is 9.32. The van der Waals surface area contributed by atoms with E-state index in [1.54, 1.807) is 24.3 Å². The molecule has 3 aromatic rings. The molecule has 1 fully saturated rings. The minimum Gasteiger partial charge on any atom is -0.204 e. The van der Waals surface area contributed by atoms with E-state index < -0.39 is 11.6 Å². The molecule has 3 aromatic carbocycles. The summed E-state index contributed by atoms with van der Waals surface area (Å²) < 4.78 is 27.2. The summed E-state index contributed by atoms with van der Waals surface area (Å²) in [5.41, 5.74) is 3.13. The minimum absolute atomic E-state index is 0.284. The number of hydrogen-bond donors (Lipinski definition) is 0. The highest BCUT2D eigenvalue weighted by Crippen LogP contribution is 2.34. The fraction of sp³-hybridized carbons (Fsp3) is 0.355. The van der Waals surface area contributed by atoms with E-state index >= 15 is 0 Å². The van der Waals surface area contributed by atoms with Crippen LogP contribution in [0.5, 0.6) is 0 Å². The van der Waals surface area contributed by atoms with Gasteiger partial charge in [0.1, 0.15) is 0 Å². The molecule has 33 heavy (non-hydrogen) atoms. The third-order valence-electron chi connectivity index (χ3n) is 7.00. The third kappa shape index (κ3) is 6.32. The van der Waals surface area contributed by atoms with Crippen LogP contribution in [0, 0.1) is 35.3 Å². The van der Waals surface area contributed by atoms with Crippen LogP contribution >= 0.6 is 0 Å². The molecule has 0 radical (unpaired) electrons. The number of hydrogen-bond acceptors (Lipinski definition) is 0. The lowest BCUT2D eigenvalue weighted by Crippen LogP contribution is -2.15. The largest absolute Gasteiger partial charge is 0.204 e. The smallest absolute Gasteiger partial charge is 0.166 e. The first-order chi connectivity index (χ1) is 16.1. The molecule has 1 aliphatic rings. The molecule has 0 nitrogen and oxygen atoms in total. The van der Waals surface area contributed by atoms with Crippen molar-refractivity contribution in [3.8, 4) is 11.8 Å². The van der Waals surface area contributed by atoms with Gasteiger partial charge in [-0.1, -0.05) is 73.9 Å². The molecule has 0 N–H and O–H groups in total. The van der Waals surface area contributed by atoms with Gasteiger partial charge in [-0.2, -0.15) is 0 Å². The summed E-state index contributed by atoms with van der Waals surface area (Å²) >= 11 is 0. The Hall–Kier alpha value is -2.92. The van der Waals surface area contributed by atoms with Gasteiger partial charge in [-0.25, -0.2) is 8.78 Å². The van der Waals surface area contributed by atoms with E-state index in [0.717, 1.165) is 35.4 Å². The number of fused-ring (bicyclic) bond motifs is 1. The first kappa shape index (κ1) is 23.2. The average molecular weight is 443 g/mol. The zero-order valence-corrected chi connectivity index (χ0v) is 19.4. The fourth-order valence-electron chi connectivity index (χ4n) is 4.92. The van der Waals surface area contributed by atoms with Crippen LogP contribution in [0.1, 0.15) is 68.6 Å². The van der Waals surface area contributed by atoms with E-state index in [4.69, 9.17) is 0 Å². The van der Waals surface area contributed by atoms with Crippen LogP contribution < -0.4 is 0 Å². The Kier molecular flexibility index (Phi) is 7.95. The summed E-state index contributed by atoms with van der Waals surface area (Å²) in [6.45, 7) is 2.11. The topological polar surface area (TPSA) is 0 Å². The van der Waals surface area contributed by atoms with Gasteiger partial charge in [-0.05, 0) is 85.7 Å². The van der Waals surface area contributed by atoms with Gasteiger partial charge in [-0.3, -0.25) is 0 Å². The lowest BCUT2D eigenvalue weighted by Gasteiger charge is -2.28. The van der Waals surface area contributed by atoms with Crippen LogP contribution in [0.3, 0.4) is 0 Å². The zero-order valence-electron chi connectivity index (χ0n) is 19.4. The predicted molar refractivity (Wildman–Crippen MR) is 134 cm³/mol. The maximum Gasteiger partial charge on any atom is 0.166 e. The van der Waals surface area contributed by atoms with E-state index in [1.165, 1.54) is 50.5 Å². The Morgan fingerprint density at radius 2 is 1.48 bits per heavy atom. The lowest BCUT2D eigenvalue weighted by atomic mass is 9.78. The summed E-state index contributed by atoms with van der Waals surface area (Å²) in [4.78, 5) is 0. The Morgan fingerprint density at radius 1 is 0.818 bits per heavy atom. The summed E-state index contributed by atoms with van der Waals surface area (Å²) in [6.07, 6.45) is 15.0. The van der Waals surface area contributed by atoms with Crippen LogP contribution in [-0.2, 0) is 6.42 Å². The van der Waals surface area contributed by atoms with E-state index in [-0.39, 0.29) is 5.39 Å². The molecule has 0 amide bonds. The van der Waals surface area contributed by atoms with Gasteiger partial charge >= 0.3 is 0 Å². The Bertz CT molecular complexity index is 1150. The van der Waals surface area contributed by atoms with Gasteiger partial charge in [0.15, 0.2) is 11.6 Å². The summed E-state index contributed by atoms with van der Waals surface area (Å²) in [5.74, 6) is 6.50. The molecule has 0 atom stereocenters. The highest BCUT2D eigenvalue weighted by atomic mass is 19.2. The van der Waals surface area contributed by atoms with Gasteiger partial charge in [0.25, 0.3) is 0 Å². The highest BCUT2D eigenvalue weighted by Gasteiger charge is 2.20. The number of rotatable bonds is 6. The molecule has 170 valence electrons. The number of allylic oxidation sites excluding steroid dienone is 2. The normalized spacial score (nSPS) is 18.4. The molecule has 0 unspecified atom stereocenters. The molecule has 0 aliphatic heterocycles. The van der Waals surface area contributed by atoms with E-state index in [1.807, 2.05) is 0 Å². The Balaban J connectivity index is 1.29. The van der Waals surface area contributed by atoms with Crippen LogP contribution in [0.4, 0.5) is 8.78 Å². The average Bonchev–Trinajstić information content (AvgIpc) is 2.85.